The van der Waals surface area contributed by atoms with Crippen LogP contribution in [0.3, 0.4) is 0 Å². The Labute approximate surface area is 224 Å². The van der Waals surface area contributed by atoms with Gasteiger partial charge in [-0.15, -0.1) is 11.3 Å². The Morgan fingerprint density at radius 2 is 1.95 bits per heavy atom. The fourth-order valence-corrected chi connectivity index (χ4v) is 5.26. The topological polar surface area (TPSA) is 119 Å². The summed E-state index contributed by atoms with van der Waals surface area (Å²) in [6.07, 6.45) is 4.80. The number of nitrogens with one attached hydrogen (secondary N) is 2. The molecule has 0 spiro atoms. The predicted octanol–water partition coefficient (Wildman–Crippen LogP) is 5.43. The van der Waals surface area contributed by atoms with Crippen LogP contribution in [0.2, 0.25) is 0 Å². The zero-order valence-corrected chi connectivity index (χ0v) is 22.8. The van der Waals surface area contributed by atoms with Crippen LogP contribution >= 0.6 is 23.1 Å². The molecule has 0 unspecified atom stereocenters. The monoisotopic (exact) mass is 542 g/mol. The lowest BCUT2D eigenvalue weighted by Crippen LogP contribution is -2.44. The standard InChI is InChI=1S/C25H30N6O4S2/c1-25(2,3)35-24(33)31-11-8-16(9-12-31)28-17-5-6-20(27-14-17)29-23-30-21(15-36-23)37-18-7-10-26-19(13-18)22(32)34-4/h5-7,10,13-16,28H,8-9,11-12H2,1-4H3,(H,27,29,30). The highest BCUT2D eigenvalue weighted by Crippen LogP contribution is 2.31. The van der Waals surface area contributed by atoms with E-state index in [0.717, 1.165) is 28.5 Å². The van der Waals surface area contributed by atoms with E-state index in [1.807, 2.05) is 44.4 Å². The molecule has 0 atom stereocenters. The maximum atomic E-state index is 12.2. The van der Waals surface area contributed by atoms with Gasteiger partial charge in [0.2, 0.25) is 0 Å². The first-order chi connectivity index (χ1) is 17.7. The van der Waals surface area contributed by atoms with Crippen molar-refractivity contribution in [2.24, 2.45) is 0 Å². The lowest BCUT2D eigenvalue weighted by molar-refractivity contribution is 0.0210. The first-order valence-corrected chi connectivity index (χ1v) is 13.5. The molecule has 0 radical (unpaired) electrons. The van der Waals surface area contributed by atoms with E-state index in [9.17, 15) is 9.59 Å². The van der Waals surface area contributed by atoms with Crippen molar-refractivity contribution in [1.29, 1.82) is 0 Å². The van der Waals surface area contributed by atoms with Crippen molar-refractivity contribution < 1.29 is 19.1 Å². The van der Waals surface area contributed by atoms with Gasteiger partial charge < -0.3 is 25.0 Å². The maximum absolute atomic E-state index is 12.2. The summed E-state index contributed by atoms with van der Waals surface area (Å²) in [7, 11) is 1.33. The first-order valence-electron chi connectivity index (χ1n) is 11.8. The number of amides is 1. The Balaban J connectivity index is 1.26. The smallest absolute Gasteiger partial charge is 0.410 e. The van der Waals surface area contributed by atoms with E-state index in [4.69, 9.17) is 9.47 Å². The molecule has 1 saturated heterocycles. The van der Waals surface area contributed by atoms with E-state index in [-0.39, 0.29) is 17.8 Å². The Bertz CT molecular complexity index is 1220. The Morgan fingerprint density at radius 3 is 2.62 bits per heavy atom. The number of hydrogen-bond donors (Lipinski definition) is 2. The lowest BCUT2D eigenvalue weighted by atomic mass is 10.1. The van der Waals surface area contributed by atoms with Crippen LogP contribution in [0.15, 0.2) is 52.0 Å². The molecular formula is C25H30N6O4S2. The number of pyridine rings is 2. The third-order valence-corrected chi connectivity index (χ3v) is 7.16. The lowest BCUT2D eigenvalue weighted by Gasteiger charge is -2.34. The summed E-state index contributed by atoms with van der Waals surface area (Å²) in [6.45, 7) is 6.95. The van der Waals surface area contributed by atoms with Crippen LogP contribution in [0.1, 0.15) is 44.1 Å². The van der Waals surface area contributed by atoms with E-state index in [2.05, 4.69) is 25.6 Å². The molecule has 10 nitrogen and oxygen atoms in total. The highest BCUT2D eigenvalue weighted by atomic mass is 32.2. The molecule has 2 N–H and O–H groups in total. The number of likely N-dealkylation sites (tertiary alicyclic amines) is 1. The fourth-order valence-electron chi connectivity index (χ4n) is 3.61. The molecule has 4 rings (SSSR count). The molecule has 1 aliphatic heterocycles. The normalized spacial score (nSPS) is 14.2. The molecule has 1 fully saturated rings. The Hall–Kier alpha value is -3.38. The number of carbonyl (C=O) groups excluding carboxylic acids is 2. The van der Waals surface area contributed by atoms with Crippen LogP contribution in [0.5, 0.6) is 0 Å². The molecule has 0 bridgehead atoms. The summed E-state index contributed by atoms with van der Waals surface area (Å²) in [5.41, 5.74) is 0.700. The molecule has 196 valence electrons. The number of anilines is 3. The number of piperidine rings is 1. The van der Waals surface area contributed by atoms with Gasteiger partial charge in [0.1, 0.15) is 22.1 Å². The number of methoxy groups -OCH3 is 1. The van der Waals surface area contributed by atoms with Crippen molar-refractivity contribution in [3.8, 4) is 0 Å². The average molecular weight is 543 g/mol. The third-order valence-electron chi connectivity index (χ3n) is 5.35. The van der Waals surface area contributed by atoms with Crippen molar-refractivity contribution in [2.45, 2.75) is 55.2 Å². The summed E-state index contributed by atoms with van der Waals surface area (Å²) in [5.74, 6) is 0.214. The van der Waals surface area contributed by atoms with E-state index >= 15 is 0 Å². The minimum atomic E-state index is -0.484. The number of carbonyl (C=O) groups is 2. The molecule has 0 aromatic carbocycles. The van der Waals surface area contributed by atoms with Gasteiger partial charge in [-0.05, 0) is 57.9 Å². The summed E-state index contributed by atoms with van der Waals surface area (Å²) >= 11 is 2.90. The molecule has 0 aliphatic carbocycles. The highest BCUT2D eigenvalue weighted by molar-refractivity contribution is 7.99. The summed E-state index contributed by atoms with van der Waals surface area (Å²) in [6, 6.07) is 7.64. The van der Waals surface area contributed by atoms with Gasteiger partial charge in [-0.3, -0.25) is 0 Å². The zero-order chi connectivity index (χ0) is 26.4. The molecule has 1 amide bonds. The van der Waals surface area contributed by atoms with Gasteiger partial charge in [0, 0.05) is 35.6 Å². The number of aromatic nitrogens is 3. The largest absolute Gasteiger partial charge is 0.464 e. The third kappa shape index (κ3) is 7.80. The van der Waals surface area contributed by atoms with Gasteiger partial charge in [-0.2, -0.15) is 0 Å². The van der Waals surface area contributed by atoms with Gasteiger partial charge in [0.15, 0.2) is 5.13 Å². The Morgan fingerprint density at radius 1 is 1.16 bits per heavy atom. The average Bonchev–Trinajstić information content (AvgIpc) is 3.30. The number of thiazole rings is 1. The minimum absolute atomic E-state index is 0.251. The number of ether oxygens (including phenoxy) is 2. The maximum Gasteiger partial charge on any atom is 0.410 e. The fraction of sp³-hybridized carbons (Fsp3) is 0.400. The predicted molar refractivity (Wildman–Crippen MR) is 144 cm³/mol. The van der Waals surface area contributed by atoms with Crippen LogP contribution in [0, 0.1) is 0 Å². The molecule has 1 aliphatic rings. The number of esters is 1. The minimum Gasteiger partial charge on any atom is -0.464 e. The van der Waals surface area contributed by atoms with E-state index in [0.29, 0.717) is 24.0 Å². The van der Waals surface area contributed by atoms with Gasteiger partial charge >= 0.3 is 12.1 Å². The molecule has 4 heterocycles. The quantitative estimate of drug-likeness (QED) is 0.374. The van der Waals surface area contributed by atoms with E-state index < -0.39 is 11.6 Å². The van der Waals surface area contributed by atoms with Crippen molar-refractivity contribution in [2.75, 3.05) is 30.8 Å². The molecular weight excluding hydrogens is 512 g/mol. The highest BCUT2D eigenvalue weighted by Gasteiger charge is 2.26. The molecule has 12 heteroatoms. The summed E-state index contributed by atoms with van der Waals surface area (Å²) in [5, 5.41) is 10.2. The summed E-state index contributed by atoms with van der Waals surface area (Å²) in [4.78, 5) is 39.7. The van der Waals surface area contributed by atoms with Crippen LogP contribution in [0.25, 0.3) is 0 Å². The van der Waals surface area contributed by atoms with Crippen LogP contribution < -0.4 is 10.6 Å². The number of hydrogen-bond acceptors (Lipinski definition) is 11. The summed E-state index contributed by atoms with van der Waals surface area (Å²) < 4.78 is 10.2. The molecule has 0 saturated carbocycles. The van der Waals surface area contributed by atoms with Gasteiger partial charge in [-0.25, -0.2) is 24.5 Å². The van der Waals surface area contributed by atoms with Crippen molar-refractivity contribution >= 4 is 51.8 Å². The Kier molecular flexibility index (Phi) is 8.49. The second-order valence-electron chi connectivity index (χ2n) is 9.40. The van der Waals surface area contributed by atoms with Crippen LogP contribution in [-0.2, 0) is 9.47 Å². The van der Waals surface area contributed by atoms with E-state index in [1.54, 1.807) is 23.4 Å². The van der Waals surface area contributed by atoms with E-state index in [1.165, 1.54) is 30.2 Å². The molecule has 3 aromatic heterocycles. The molecule has 3 aromatic rings. The zero-order valence-electron chi connectivity index (χ0n) is 21.2. The van der Waals surface area contributed by atoms with Crippen molar-refractivity contribution in [1.82, 2.24) is 19.9 Å². The van der Waals surface area contributed by atoms with Crippen LogP contribution in [0.4, 0.5) is 21.4 Å². The van der Waals surface area contributed by atoms with Gasteiger partial charge in [-0.1, -0.05) is 11.8 Å². The number of nitrogens with zero attached hydrogens (tertiary/aromatic N) is 4. The molecule has 37 heavy (non-hydrogen) atoms. The van der Waals surface area contributed by atoms with Gasteiger partial charge in [0.25, 0.3) is 0 Å². The van der Waals surface area contributed by atoms with Crippen molar-refractivity contribution in [3.63, 3.8) is 0 Å². The van der Waals surface area contributed by atoms with Gasteiger partial charge in [0.05, 0.1) is 19.0 Å². The first kappa shape index (κ1) is 26.7. The second kappa shape index (κ2) is 11.8. The van der Waals surface area contributed by atoms with Crippen molar-refractivity contribution in [3.05, 3.63) is 47.7 Å². The second-order valence-corrected chi connectivity index (χ2v) is 11.4. The van der Waals surface area contributed by atoms with Crippen LogP contribution in [-0.4, -0.2) is 63.8 Å². The number of rotatable bonds is 7. The SMILES string of the molecule is COC(=O)c1cc(Sc2csc(Nc3ccc(NC4CCN(C(=O)OC(C)(C)C)CC4)cn3)n2)ccn1.